The van der Waals surface area contributed by atoms with Crippen molar-refractivity contribution in [1.82, 2.24) is 19.7 Å². The lowest BCUT2D eigenvalue weighted by atomic mass is 10.0. The summed E-state index contributed by atoms with van der Waals surface area (Å²) in [5.41, 5.74) is 0.775. The molecule has 2 aliphatic rings. The van der Waals surface area contributed by atoms with Crippen LogP contribution < -0.4 is 5.32 Å². The number of aryl methyl sites for hydroxylation is 1. The minimum Gasteiger partial charge on any atom is -0.325 e. The fraction of sp³-hybridized carbons (Fsp3) is 0.407. The zero-order valence-electron chi connectivity index (χ0n) is 23.0. The van der Waals surface area contributed by atoms with Gasteiger partial charge in [-0.3, -0.25) is 23.9 Å². The van der Waals surface area contributed by atoms with E-state index >= 15 is 0 Å². The molecular weight excluding hydrogens is 641 g/mol. The average Bonchev–Trinajstić information content (AvgIpc) is 3.26. The maximum Gasteiger partial charge on any atom is 0.474 e. The van der Waals surface area contributed by atoms with Gasteiger partial charge < -0.3 is 10.2 Å². The highest BCUT2D eigenvalue weighted by atomic mass is 79.9. The largest absolute Gasteiger partial charge is 0.474 e. The van der Waals surface area contributed by atoms with Gasteiger partial charge in [-0.15, -0.1) is 0 Å². The van der Waals surface area contributed by atoms with E-state index in [1.165, 1.54) is 34.9 Å². The molecule has 2 aromatic heterocycles. The first-order chi connectivity index (χ1) is 19.6. The van der Waals surface area contributed by atoms with Gasteiger partial charge in [-0.1, -0.05) is 35.8 Å². The number of anilines is 1. The molecule has 42 heavy (non-hydrogen) atoms. The standard InChI is InChI=1S/C27H26BrF3N6O4S/c1-13-8-9-19(28)32-23(13)33-24(40)16-10-26(3)11-18(26)37(16)20(39)12-36-22-15(21(34-36)14(2)38)6-5-7-17(22)42(4)35-25(41)27(29,30)31/h5-9,16,18H,10-12H2,1-4H3,(H,32,33,40)/t16-,18+,26-,42?/m0/s1. The van der Waals surface area contributed by atoms with Gasteiger partial charge in [0.1, 0.15) is 28.7 Å². The molecule has 1 saturated carbocycles. The average molecular weight is 668 g/mol. The first-order valence-corrected chi connectivity index (χ1v) is 15.2. The van der Waals surface area contributed by atoms with Crippen molar-refractivity contribution in [3.63, 3.8) is 0 Å². The van der Waals surface area contributed by atoms with E-state index in [-0.39, 0.29) is 40.0 Å². The number of carbonyl (C=O) groups is 4. The quantitative estimate of drug-likeness (QED) is 0.303. The topological polar surface area (TPSA) is 127 Å². The van der Waals surface area contributed by atoms with E-state index in [0.717, 1.165) is 12.0 Å². The number of halogens is 4. The van der Waals surface area contributed by atoms with E-state index in [1.807, 2.05) is 6.92 Å². The first kappa shape index (κ1) is 30.0. The van der Waals surface area contributed by atoms with Crippen LogP contribution in [0.1, 0.15) is 42.7 Å². The van der Waals surface area contributed by atoms with Crippen molar-refractivity contribution >= 4 is 66.8 Å². The van der Waals surface area contributed by atoms with Crippen molar-refractivity contribution in [3.8, 4) is 0 Å². The Hall–Kier alpha value is -3.46. The van der Waals surface area contributed by atoms with Crippen molar-refractivity contribution in [2.75, 3.05) is 11.6 Å². The Morgan fingerprint density at radius 2 is 1.90 bits per heavy atom. The molecule has 1 aliphatic heterocycles. The van der Waals surface area contributed by atoms with Crippen LogP contribution in [-0.2, 0) is 31.6 Å². The van der Waals surface area contributed by atoms with Gasteiger partial charge in [-0.2, -0.15) is 22.6 Å². The minimum absolute atomic E-state index is 0.0296. The zero-order chi connectivity index (χ0) is 30.7. The van der Waals surface area contributed by atoms with Crippen molar-refractivity contribution in [3.05, 3.63) is 46.2 Å². The Morgan fingerprint density at radius 1 is 1.19 bits per heavy atom. The van der Waals surface area contributed by atoms with Gasteiger partial charge >= 0.3 is 12.1 Å². The van der Waals surface area contributed by atoms with E-state index in [0.29, 0.717) is 22.2 Å². The molecule has 3 aromatic rings. The Labute approximate surface area is 249 Å². The van der Waals surface area contributed by atoms with E-state index in [1.54, 1.807) is 25.1 Å². The number of ketones is 1. The Bertz CT molecular complexity index is 1710. The van der Waals surface area contributed by atoms with E-state index < -0.39 is 40.5 Å². The maximum atomic E-state index is 13.8. The van der Waals surface area contributed by atoms with E-state index in [9.17, 15) is 32.3 Å². The Balaban J connectivity index is 1.50. The Morgan fingerprint density at radius 3 is 2.57 bits per heavy atom. The molecule has 3 amide bonds. The van der Waals surface area contributed by atoms with Crippen LogP contribution >= 0.6 is 15.9 Å². The van der Waals surface area contributed by atoms with Crippen LogP contribution in [0.15, 0.2) is 44.2 Å². The molecule has 1 aliphatic carbocycles. The van der Waals surface area contributed by atoms with Gasteiger partial charge in [-0.05, 0) is 65.1 Å². The molecule has 0 spiro atoms. The number of carbonyl (C=O) groups excluding carboxylic acids is 4. The lowest BCUT2D eigenvalue weighted by molar-refractivity contribution is -0.169. The summed E-state index contributed by atoms with van der Waals surface area (Å²) in [7, 11) is -1.57. The monoisotopic (exact) mass is 666 g/mol. The second kappa shape index (κ2) is 10.7. The number of amides is 3. The van der Waals surface area contributed by atoms with Gasteiger partial charge in [0.25, 0.3) is 0 Å². The minimum atomic E-state index is -5.14. The van der Waals surface area contributed by atoms with Gasteiger partial charge in [0.15, 0.2) is 5.78 Å². The van der Waals surface area contributed by atoms with Crippen LogP contribution in [0.3, 0.4) is 0 Å². The normalized spacial score (nSPS) is 22.2. The van der Waals surface area contributed by atoms with Crippen molar-refractivity contribution in [1.29, 1.82) is 0 Å². The molecule has 1 unspecified atom stereocenters. The molecule has 222 valence electrons. The number of Topliss-reactive ketones (excluding diaryl/α,β-unsaturated/α-hetero) is 1. The summed E-state index contributed by atoms with van der Waals surface area (Å²) in [4.78, 5) is 57.4. The second-order valence-electron chi connectivity index (χ2n) is 10.8. The van der Waals surface area contributed by atoms with Gasteiger partial charge in [0.05, 0.1) is 5.52 Å². The SMILES string of the molecule is CC(=O)c1nn(CC(=O)N2[C@H](C(=O)Nc3nc(Br)ccc3C)C[C@@]3(C)C[C@@H]23)c2c(S(C)=NC(=O)C(F)(F)F)cccc12. The fourth-order valence-electron chi connectivity index (χ4n) is 5.44. The number of fused-ring (bicyclic) bond motifs is 2. The van der Waals surface area contributed by atoms with Gasteiger partial charge in [-0.25, -0.2) is 4.98 Å². The van der Waals surface area contributed by atoms with E-state index in [4.69, 9.17) is 0 Å². The van der Waals surface area contributed by atoms with E-state index in [2.05, 4.69) is 35.7 Å². The summed E-state index contributed by atoms with van der Waals surface area (Å²) in [5, 5.41) is 7.50. The number of piperidine rings is 1. The van der Waals surface area contributed by atoms with Crippen LogP contribution in [0.25, 0.3) is 10.9 Å². The summed E-state index contributed by atoms with van der Waals surface area (Å²) in [6, 6.07) is 7.18. The highest BCUT2D eigenvalue weighted by Gasteiger charge is 2.64. The number of pyridine rings is 1. The Kier molecular flexibility index (Phi) is 7.62. The smallest absolute Gasteiger partial charge is 0.325 e. The van der Waals surface area contributed by atoms with Crippen LogP contribution in [0.5, 0.6) is 0 Å². The lowest BCUT2D eigenvalue weighted by Crippen LogP contribution is -2.47. The molecule has 10 nitrogen and oxygen atoms in total. The fourth-order valence-corrected chi connectivity index (χ4v) is 6.97. The summed E-state index contributed by atoms with van der Waals surface area (Å²) in [6.45, 7) is 4.72. The number of para-hydroxylation sites is 1. The van der Waals surface area contributed by atoms with Gasteiger partial charge in [0, 0.05) is 23.2 Å². The third-order valence-corrected chi connectivity index (χ3v) is 9.51. The highest BCUT2D eigenvalue weighted by Crippen LogP contribution is 2.59. The number of nitrogens with one attached hydrogen (secondary N) is 1. The van der Waals surface area contributed by atoms with Crippen LogP contribution in [-0.4, -0.2) is 67.7 Å². The second-order valence-corrected chi connectivity index (χ2v) is 13.2. The predicted octanol–water partition coefficient (Wildman–Crippen LogP) is 4.60. The van der Waals surface area contributed by atoms with Crippen LogP contribution in [0, 0.1) is 12.3 Å². The number of nitrogens with zero attached hydrogens (tertiary/aromatic N) is 5. The summed E-state index contributed by atoms with van der Waals surface area (Å²) in [5.74, 6) is -3.09. The molecule has 1 N–H and O–H groups in total. The molecule has 1 aromatic carbocycles. The summed E-state index contributed by atoms with van der Waals surface area (Å²) >= 11 is 3.30. The number of likely N-dealkylation sites (tertiary alicyclic amines) is 1. The molecule has 0 bridgehead atoms. The molecule has 3 heterocycles. The van der Waals surface area contributed by atoms with Crippen LogP contribution in [0.4, 0.5) is 19.0 Å². The molecular formula is C27H26BrF3N6O4S. The third kappa shape index (κ3) is 5.51. The molecule has 5 rings (SSSR count). The molecule has 0 radical (unpaired) electrons. The van der Waals surface area contributed by atoms with Crippen molar-refractivity contribution < 1.29 is 32.3 Å². The van der Waals surface area contributed by atoms with Crippen molar-refractivity contribution in [2.24, 2.45) is 9.78 Å². The first-order valence-electron chi connectivity index (χ1n) is 12.9. The van der Waals surface area contributed by atoms with Gasteiger partial charge in [0.2, 0.25) is 11.8 Å². The molecule has 2 fully saturated rings. The number of aromatic nitrogens is 3. The number of alkyl halides is 3. The number of rotatable bonds is 6. The molecule has 1 saturated heterocycles. The summed E-state index contributed by atoms with van der Waals surface area (Å²) in [6.07, 6.45) is -2.62. The number of hydrogen-bond donors (Lipinski definition) is 1. The maximum absolute atomic E-state index is 13.8. The predicted molar refractivity (Wildman–Crippen MR) is 152 cm³/mol. The zero-order valence-corrected chi connectivity index (χ0v) is 25.4. The summed E-state index contributed by atoms with van der Waals surface area (Å²) < 4.78 is 43.9. The molecule has 4 atom stereocenters. The van der Waals surface area contributed by atoms with Crippen molar-refractivity contribution in [2.45, 2.75) is 63.3 Å². The van der Waals surface area contributed by atoms with Crippen LogP contribution in [0.2, 0.25) is 0 Å². The highest BCUT2D eigenvalue weighted by molar-refractivity contribution is 9.10. The third-order valence-electron chi connectivity index (χ3n) is 7.66. The molecule has 15 heteroatoms. The lowest BCUT2D eigenvalue weighted by Gasteiger charge is -2.27. The number of benzene rings is 1. The number of hydrogen-bond acceptors (Lipinski definition) is 6.